The number of hydrogen-bond acceptors (Lipinski definition) is 5. The maximum absolute atomic E-state index is 12.7. The molecular weight excluding hydrogens is 453 g/mol. The Balaban J connectivity index is 1.63. The van der Waals surface area contributed by atoms with Crippen molar-refractivity contribution in [1.82, 2.24) is 19.7 Å². The summed E-state index contributed by atoms with van der Waals surface area (Å²) < 4.78 is 51.0. The number of carbonyl (C=O) groups is 1. The number of halogens is 3. The number of aromatic nitrogens is 3. The number of hydrogen-bond donors (Lipinski definition) is 1. The van der Waals surface area contributed by atoms with E-state index in [-0.39, 0.29) is 24.6 Å². The van der Waals surface area contributed by atoms with Gasteiger partial charge in [-0.1, -0.05) is 0 Å². The Hall–Kier alpha value is -3.50. The quantitative estimate of drug-likeness (QED) is 0.608. The van der Waals surface area contributed by atoms with Crippen LogP contribution >= 0.6 is 0 Å². The van der Waals surface area contributed by atoms with Crippen LogP contribution in [0.2, 0.25) is 0 Å². The topological polar surface area (TPSA) is 89.4 Å². The number of likely N-dealkylation sites (tertiary alicyclic amines) is 1. The first-order valence-electron chi connectivity index (χ1n) is 10.8. The zero-order valence-corrected chi connectivity index (χ0v) is 19.0. The van der Waals surface area contributed by atoms with E-state index < -0.39 is 12.1 Å². The van der Waals surface area contributed by atoms with Gasteiger partial charge in [0.05, 0.1) is 20.4 Å². The van der Waals surface area contributed by atoms with Crippen molar-refractivity contribution in [1.29, 1.82) is 0 Å². The Morgan fingerprint density at radius 3 is 2.35 bits per heavy atom. The highest BCUT2D eigenvalue weighted by Crippen LogP contribution is 2.39. The van der Waals surface area contributed by atoms with Crippen molar-refractivity contribution in [2.24, 2.45) is 13.0 Å². The fourth-order valence-electron chi connectivity index (χ4n) is 4.53. The van der Waals surface area contributed by atoms with Crippen molar-refractivity contribution >= 4 is 16.8 Å². The van der Waals surface area contributed by atoms with Crippen molar-refractivity contribution < 1.29 is 27.4 Å². The molecule has 0 aliphatic carbocycles. The lowest BCUT2D eigenvalue weighted by molar-refractivity contribution is -0.186. The highest BCUT2D eigenvalue weighted by atomic mass is 19.4. The van der Waals surface area contributed by atoms with Gasteiger partial charge in [-0.15, -0.1) is 0 Å². The van der Waals surface area contributed by atoms with Crippen molar-refractivity contribution in [2.75, 3.05) is 27.3 Å². The lowest BCUT2D eigenvalue weighted by Crippen LogP contribution is -2.45. The maximum atomic E-state index is 12.7. The maximum Gasteiger partial charge on any atom is 0.471 e. The van der Waals surface area contributed by atoms with E-state index in [1.165, 1.54) is 4.57 Å². The molecule has 1 aromatic carbocycles. The first-order valence-corrected chi connectivity index (χ1v) is 10.8. The van der Waals surface area contributed by atoms with Crippen LogP contribution in [0, 0.1) is 5.92 Å². The summed E-state index contributed by atoms with van der Waals surface area (Å²) in [5.74, 6) is -0.556. The van der Waals surface area contributed by atoms with Gasteiger partial charge in [0.1, 0.15) is 17.0 Å². The predicted octanol–water partition coefficient (Wildman–Crippen LogP) is 3.29. The molecule has 1 aliphatic heterocycles. The highest BCUT2D eigenvalue weighted by Gasteiger charge is 2.43. The molecule has 0 bridgehead atoms. The first-order chi connectivity index (χ1) is 16.1. The van der Waals surface area contributed by atoms with Crippen molar-refractivity contribution in [3.8, 4) is 22.6 Å². The molecule has 1 saturated heterocycles. The highest BCUT2D eigenvalue weighted by molar-refractivity contribution is 5.94. The SMILES string of the molecule is COc1cc(-c2cn(C)c(=O)c3[nH]ncc23)cc(OC)c1CC1CCN(C(=O)C(F)(F)F)CC1. The smallest absolute Gasteiger partial charge is 0.471 e. The monoisotopic (exact) mass is 478 g/mol. The van der Waals surface area contributed by atoms with E-state index in [1.54, 1.807) is 33.7 Å². The second-order valence-corrected chi connectivity index (χ2v) is 8.41. The largest absolute Gasteiger partial charge is 0.496 e. The molecule has 1 aliphatic rings. The van der Waals surface area contributed by atoms with E-state index in [2.05, 4.69) is 10.2 Å². The van der Waals surface area contributed by atoms with Crippen LogP contribution in [0.15, 0.2) is 29.3 Å². The summed E-state index contributed by atoms with van der Waals surface area (Å²) >= 11 is 0. The number of aryl methyl sites for hydroxylation is 1. The molecule has 1 N–H and O–H groups in total. The number of nitrogens with one attached hydrogen (secondary N) is 1. The molecule has 8 nitrogen and oxygen atoms in total. The number of H-pyrrole nitrogens is 1. The van der Waals surface area contributed by atoms with Crippen LogP contribution in [-0.4, -0.2) is 59.1 Å². The number of aromatic amines is 1. The summed E-state index contributed by atoms with van der Waals surface area (Å²) in [5, 5.41) is 7.41. The number of methoxy groups -OCH3 is 2. The molecule has 2 aromatic heterocycles. The van der Waals surface area contributed by atoms with Gasteiger partial charge in [-0.2, -0.15) is 18.3 Å². The molecule has 1 amide bonds. The zero-order valence-electron chi connectivity index (χ0n) is 19.0. The molecule has 1 fully saturated rings. The molecule has 0 saturated carbocycles. The molecule has 34 heavy (non-hydrogen) atoms. The Bertz CT molecular complexity index is 1250. The van der Waals surface area contributed by atoms with Gasteiger partial charge in [0.15, 0.2) is 0 Å². The number of rotatable bonds is 5. The van der Waals surface area contributed by atoms with E-state index in [4.69, 9.17) is 9.47 Å². The van der Waals surface area contributed by atoms with Crippen molar-refractivity contribution in [2.45, 2.75) is 25.4 Å². The average molecular weight is 478 g/mol. The first kappa shape index (κ1) is 23.7. The molecule has 3 aromatic rings. The van der Waals surface area contributed by atoms with Gasteiger partial charge in [-0.3, -0.25) is 14.7 Å². The predicted molar refractivity (Wildman–Crippen MR) is 119 cm³/mol. The normalized spacial score (nSPS) is 15.1. The minimum Gasteiger partial charge on any atom is -0.496 e. The number of benzene rings is 1. The van der Waals surface area contributed by atoms with E-state index >= 15 is 0 Å². The van der Waals surface area contributed by atoms with Crippen LogP contribution in [0.3, 0.4) is 0 Å². The van der Waals surface area contributed by atoms with Gasteiger partial charge in [-0.25, -0.2) is 0 Å². The van der Waals surface area contributed by atoms with Gasteiger partial charge in [0, 0.05) is 42.8 Å². The fourth-order valence-corrected chi connectivity index (χ4v) is 4.53. The second kappa shape index (κ2) is 9.03. The summed E-state index contributed by atoms with van der Waals surface area (Å²) in [6.45, 7) is 0.116. The summed E-state index contributed by atoms with van der Waals surface area (Å²) in [6.07, 6.45) is -0.0967. The number of nitrogens with zero attached hydrogens (tertiary/aromatic N) is 3. The summed E-state index contributed by atoms with van der Waals surface area (Å²) in [4.78, 5) is 24.7. The number of carbonyl (C=O) groups excluding carboxylic acids is 1. The van der Waals surface area contributed by atoms with Gasteiger partial charge in [-0.05, 0) is 42.9 Å². The number of amides is 1. The number of pyridine rings is 1. The molecule has 0 unspecified atom stereocenters. The molecule has 4 rings (SSSR count). The third-order valence-corrected chi connectivity index (χ3v) is 6.34. The van der Waals surface area contributed by atoms with Gasteiger partial charge < -0.3 is 18.9 Å². The second-order valence-electron chi connectivity index (χ2n) is 8.41. The Labute approximate surface area is 193 Å². The lowest BCUT2D eigenvalue weighted by Gasteiger charge is -2.32. The van der Waals surface area contributed by atoms with Crippen molar-refractivity contribution in [3.05, 3.63) is 40.4 Å². The van der Waals surface area contributed by atoms with Crippen molar-refractivity contribution in [3.63, 3.8) is 0 Å². The van der Waals surface area contributed by atoms with Gasteiger partial charge in [0.2, 0.25) is 0 Å². The molecule has 182 valence electrons. The minimum absolute atomic E-state index is 0.0578. The summed E-state index contributed by atoms with van der Waals surface area (Å²) in [7, 11) is 4.74. The number of piperidine rings is 1. The Morgan fingerprint density at radius 1 is 1.18 bits per heavy atom. The van der Waals surface area contributed by atoms with Gasteiger partial charge >= 0.3 is 12.1 Å². The van der Waals surface area contributed by atoms with Crippen LogP contribution < -0.4 is 15.0 Å². The molecule has 3 heterocycles. The zero-order chi connectivity index (χ0) is 24.6. The minimum atomic E-state index is -4.85. The van der Waals surface area contributed by atoms with E-state index in [0.717, 1.165) is 21.6 Å². The standard InChI is InChI=1S/C23H25F3N4O4/c1-29-12-17(16-11-27-28-20(16)21(29)31)14-9-18(33-2)15(19(10-14)34-3)8-13-4-6-30(7-5-13)22(32)23(24,25)26/h9-13H,4-8H2,1-3H3,(H,27,28). The molecular formula is C23H25F3N4O4. The van der Waals surface area contributed by atoms with Gasteiger partial charge in [0.25, 0.3) is 5.56 Å². The molecule has 0 radical (unpaired) electrons. The fraction of sp³-hybridized carbons (Fsp3) is 0.435. The summed E-state index contributed by atoms with van der Waals surface area (Å²) in [6, 6.07) is 3.71. The van der Waals surface area contributed by atoms with Crippen LogP contribution in [0.1, 0.15) is 18.4 Å². The third-order valence-electron chi connectivity index (χ3n) is 6.34. The molecule has 11 heteroatoms. The van der Waals surface area contributed by atoms with Crippen LogP contribution in [0.25, 0.3) is 22.0 Å². The van der Waals surface area contributed by atoms with Crippen LogP contribution in [0.5, 0.6) is 11.5 Å². The van der Waals surface area contributed by atoms with E-state index in [9.17, 15) is 22.8 Å². The average Bonchev–Trinajstić information content (AvgIpc) is 3.31. The Morgan fingerprint density at radius 2 is 1.79 bits per heavy atom. The van der Waals surface area contributed by atoms with E-state index in [1.807, 2.05) is 12.1 Å². The van der Waals surface area contributed by atoms with Crippen LogP contribution in [-0.2, 0) is 18.3 Å². The number of ether oxygens (including phenoxy) is 2. The Kier molecular flexibility index (Phi) is 6.28. The number of alkyl halides is 3. The van der Waals surface area contributed by atoms with E-state index in [0.29, 0.717) is 41.7 Å². The molecule has 0 spiro atoms. The number of fused-ring (bicyclic) bond motifs is 1. The lowest BCUT2D eigenvalue weighted by atomic mass is 9.88. The summed E-state index contributed by atoms with van der Waals surface area (Å²) in [5.41, 5.74) is 2.55. The van der Waals surface area contributed by atoms with Crippen LogP contribution in [0.4, 0.5) is 13.2 Å². The third kappa shape index (κ3) is 4.34. The molecule has 0 atom stereocenters.